The predicted molar refractivity (Wildman–Crippen MR) is 75.4 cm³/mol. The molecule has 0 bridgehead atoms. The molecule has 108 valence electrons. The molecule has 1 fully saturated rings. The van der Waals surface area contributed by atoms with Crippen LogP contribution in [0.3, 0.4) is 0 Å². The minimum absolute atomic E-state index is 0.111. The van der Waals surface area contributed by atoms with Crippen molar-refractivity contribution in [3.8, 4) is 0 Å². The van der Waals surface area contributed by atoms with Crippen molar-refractivity contribution in [1.82, 2.24) is 9.80 Å². The Morgan fingerprint density at radius 3 is 2.40 bits per heavy atom. The van der Waals surface area contributed by atoms with Crippen LogP contribution in [-0.2, 0) is 16.0 Å². The van der Waals surface area contributed by atoms with Gasteiger partial charge in [-0.3, -0.25) is 4.79 Å². The molecular weight excluding hydrogens is 256 g/mol. The van der Waals surface area contributed by atoms with Gasteiger partial charge in [0.25, 0.3) is 0 Å². The normalized spacial score (nSPS) is 15.1. The Morgan fingerprint density at radius 2 is 1.80 bits per heavy atom. The lowest BCUT2D eigenvalue weighted by Gasteiger charge is -2.33. The Kier molecular flexibility index (Phi) is 4.61. The summed E-state index contributed by atoms with van der Waals surface area (Å²) in [4.78, 5) is 27.0. The molecule has 0 atom stereocenters. The molecule has 1 heterocycles. The fourth-order valence-corrected chi connectivity index (χ4v) is 2.38. The maximum Gasteiger partial charge on any atom is 0.409 e. The summed E-state index contributed by atoms with van der Waals surface area (Å²) >= 11 is 0. The number of carbonyl (C=O) groups excluding carboxylic acids is 2. The maximum absolute atomic E-state index is 12.2. The van der Waals surface area contributed by atoms with E-state index in [1.165, 1.54) is 7.11 Å². The zero-order chi connectivity index (χ0) is 14.5. The Bertz CT molecular complexity index is 494. The molecule has 0 unspecified atom stereocenters. The standard InChI is InChI=1S/C15H20N2O3/c1-12-4-3-5-13(10-12)11-14(18)16-6-8-17(9-7-16)15(19)20-2/h3-5,10H,6-9,11H2,1-2H3. The van der Waals surface area contributed by atoms with E-state index in [1.54, 1.807) is 4.90 Å². The smallest absolute Gasteiger partial charge is 0.409 e. The number of hydrogen-bond acceptors (Lipinski definition) is 3. The molecule has 0 spiro atoms. The molecule has 1 aliphatic heterocycles. The van der Waals surface area contributed by atoms with Crippen molar-refractivity contribution in [1.29, 1.82) is 0 Å². The number of hydrogen-bond donors (Lipinski definition) is 0. The summed E-state index contributed by atoms with van der Waals surface area (Å²) in [7, 11) is 1.37. The van der Waals surface area contributed by atoms with Gasteiger partial charge in [-0.05, 0) is 12.5 Å². The SMILES string of the molecule is COC(=O)N1CCN(C(=O)Cc2cccc(C)c2)CC1. The van der Waals surface area contributed by atoms with Crippen molar-refractivity contribution in [2.45, 2.75) is 13.3 Å². The third-order valence-electron chi connectivity index (χ3n) is 3.50. The lowest BCUT2D eigenvalue weighted by Crippen LogP contribution is -2.50. The van der Waals surface area contributed by atoms with E-state index >= 15 is 0 Å². The number of ether oxygens (including phenoxy) is 1. The minimum atomic E-state index is -0.323. The Hall–Kier alpha value is -2.04. The molecule has 20 heavy (non-hydrogen) atoms. The molecule has 2 amide bonds. The van der Waals surface area contributed by atoms with E-state index in [4.69, 9.17) is 0 Å². The fourth-order valence-electron chi connectivity index (χ4n) is 2.38. The van der Waals surface area contributed by atoms with E-state index in [-0.39, 0.29) is 12.0 Å². The molecule has 1 aromatic carbocycles. The highest BCUT2D eigenvalue weighted by Crippen LogP contribution is 2.09. The number of methoxy groups -OCH3 is 1. The highest BCUT2D eigenvalue weighted by atomic mass is 16.5. The minimum Gasteiger partial charge on any atom is -0.453 e. The van der Waals surface area contributed by atoms with Crippen LogP contribution in [0, 0.1) is 6.92 Å². The molecule has 2 rings (SSSR count). The van der Waals surface area contributed by atoms with Gasteiger partial charge in [0.1, 0.15) is 0 Å². The highest BCUT2D eigenvalue weighted by molar-refractivity contribution is 5.79. The quantitative estimate of drug-likeness (QED) is 0.821. The third kappa shape index (κ3) is 3.50. The van der Waals surface area contributed by atoms with Crippen LogP contribution in [0.2, 0.25) is 0 Å². The van der Waals surface area contributed by atoms with E-state index in [0.717, 1.165) is 11.1 Å². The first kappa shape index (κ1) is 14.4. The zero-order valence-corrected chi connectivity index (χ0v) is 12.0. The summed E-state index contributed by atoms with van der Waals surface area (Å²) in [5, 5.41) is 0. The van der Waals surface area contributed by atoms with Crippen LogP contribution in [-0.4, -0.2) is 55.1 Å². The molecule has 0 N–H and O–H groups in total. The Morgan fingerprint density at radius 1 is 1.15 bits per heavy atom. The first-order valence-corrected chi connectivity index (χ1v) is 6.76. The summed E-state index contributed by atoms with van der Waals surface area (Å²) in [5.74, 6) is 0.111. The lowest BCUT2D eigenvalue weighted by atomic mass is 10.1. The van der Waals surface area contributed by atoms with Crippen LogP contribution in [0.25, 0.3) is 0 Å². The van der Waals surface area contributed by atoms with Crippen LogP contribution >= 0.6 is 0 Å². The van der Waals surface area contributed by atoms with Gasteiger partial charge in [-0.15, -0.1) is 0 Å². The van der Waals surface area contributed by atoms with Gasteiger partial charge in [0.15, 0.2) is 0 Å². The number of carbonyl (C=O) groups is 2. The number of rotatable bonds is 2. The lowest BCUT2D eigenvalue weighted by molar-refractivity contribution is -0.132. The van der Waals surface area contributed by atoms with E-state index in [0.29, 0.717) is 32.6 Å². The van der Waals surface area contributed by atoms with Crippen LogP contribution < -0.4 is 0 Å². The summed E-state index contributed by atoms with van der Waals surface area (Å²) in [6.07, 6.45) is 0.0932. The molecule has 1 saturated heterocycles. The largest absolute Gasteiger partial charge is 0.453 e. The third-order valence-corrected chi connectivity index (χ3v) is 3.50. The monoisotopic (exact) mass is 276 g/mol. The number of piperazine rings is 1. The predicted octanol–water partition coefficient (Wildman–Crippen LogP) is 1.45. The average Bonchev–Trinajstić information content (AvgIpc) is 2.46. The number of amides is 2. The van der Waals surface area contributed by atoms with Crippen molar-refractivity contribution in [2.75, 3.05) is 33.3 Å². The second-order valence-electron chi connectivity index (χ2n) is 5.00. The van der Waals surface area contributed by atoms with Crippen LogP contribution in [0.15, 0.2) is 24.3 Å². The van der Waals surface area contributed by atoms with Gasteiger partial charge < -0.3 is 14.5 Å². The number of aryl methyl sites for hydroxylation is 1. The van der Waals surface area contributed by atoms with Gasteiger partial charge in [-0.2, -0.15) is 0 Å². The van der Waals surface area contributed by atoms with Gasteiger partial charge in [0, 0.05) is 26.2 Å². The first-order valence-electron chi connectivity index (χ1n) is 6.76. The van der Waals surface area contributed by atoms with E-state index in [2.05, 4.69) is 4.74 Å². The molecule has 0 radical (unpaired) electrons. The van der Waals surface area contributed by atoms with Crippen LogP contribution in [0.4, 0.5) is 4.79 Å². The fraction of sp³-hybridized carbons (Fsp3) is 0.467. The molecular formula is C15H20N2O3. The molecule has 1 aliphatic rings. The first-order chi connectivity index (χ1) is 9.60. The molecule has 0 aliphatic carbocycles. The van der Waals surface area contributed by atoms with Crippen LogP contribution in [0.5, 0.6) is 0 Å². The summed E-state index contributed by atoms with van der Waals surface area (Å²) in [6.45, 7) is 4.22. The van der Waals surface area contributed by atoms with Crippen molar-refractivity contribution >= 4 is 12.0 Å². The topological polar surface area (TPSA) is 49.9 Å². The summed E-state index contributed by atoms with van der Waals surface area (Å²) < 4.78 is 4.68. The van der Waals surface area contributed by atoms with Crippen molar-refractivity contribution in [2.24, 2.45) is 0 Å². The van der Waals surface area contributed by atoms with E-state index < -0.39 is 0 Å². The van der Waals surface area contributed by atoms with Gasteiger partial charge in [-0.25, -0.2) is 4.79 Å². The highest BCUT2D eigenvalue weighted by Gasteiger charge is 2.24. The van der Waals surface area contributed by atoms with Gasteiger partial charge in [0.05, 0.1) is 13.5 Å². The van der Waals surface area contributed by atoms with Crippen molar-refractivity contribution in [3.05, 3.63) is 35.4 Å². The second kappa shape index (κ2) is 6.41. The number of nitrogens with zero attached hydrogens (tertiary/aromatic N) is 2. The summed E-state index contributed by atoms with van der Waals surface area (Å²) in [6, 6.07) is 7.98. The molecule has 1 aromatic rings. The molecule has 5 nitrogen and oxygen atoms in total. The van der Waals surface area contributed by atoms with Crippen LogP contribution in [0.1, 0.15) is 11.1 Å². The van der Waals surface area contributed by atoms with E-state index in [9.17, 15) is 9.59 Å². The number of benzene rings is 1. The second-order valence-corrected chi connectivity index (χ2v) is 5.00. The molecule has 5 heteroatoms. The zero-order valence-electron chi connectivity index (χ0n) is 12.0. The summed E-state index contributed by atoms with van der Waals surface area (Å²) in [5.41, 5.74) is 2.19. The maximum atomic E-state index is 12.2. The average molecular weight is 276 g/mol. The molecule has 0 saturated carbocycles. The van der Waals surface area contributed by atoms with E-state index in [1.807, 2.05) is 36.1 Å². The molecule has 0 aromatic heterocycles. The van der Waals surface area contributed by atoms with Gasteiger partial charge in [0.2, 0.25) is 5.91 Å². The van der Waals surface area contributed by atoms with Crippen molar-refractivity contribution in [3.63, 3.8) is 0 Å². The van der Waals surface area contributed by atoms with Gasteiger partial charge >= 0.3 is 6.09 Å². The Balaban J connectivity index is 1.87. The van der Waals surface area contributed by atoms with Crippen molar-refractivity contribution < 1.29 is 14.3 Å². The Labute approximate surface area is 119 Å². The van der Waals surface area contributed by atoms with Gasteiger partial charge in [-0.1, -0.05) is 29.8 Å².